The first-order valence-corrected chi connectivity index (χ1v) is 13.1. The molecule has 3 N–H and O–H groups in total. The lowest BCUT2D eigenvalue weighted by molar-refractivity contribution is -0.190. The minimum absolute atomic E-state index is 0.0434. The maximum Gasteiger partial charge on any atom is 0.341 e. The second kappa shape index (κ2) is 7.65. The third-order valence-corrected chi connectivity index (χ3v) is 10.2. The monoisotopic (exact) mass is 505 g/mol. The number of para-hydroxylation sites is 1. The molecule has 7 heteroatoms. The molecule has 1 spiro atoms. The van der Waals surface area contributed by atoms with E-state index in [9.17, 15) is 24.9 Å². The molecular weight excluding hydrogens is 470 g/mol. The van der Waals surface area contributed by atoms with Gasteiger partial charge in [-0.05, 0) is 53.7 Å². The van der Waals surface area contributed by atoms with Crippen molar-refractivity contribution >= 4 is 22.7 Å². The van der Waals surface area contributed by atoms with Gasteiger partial charge in [0.2, 0.25) is 0 Å². The van der Waals surface area contributed by atoms with Gasteiger partial charge in [0.15, 0.2) is 17.5 Å². The number of hydrogen-bond acceptors (Lipinski definition) is 6. The van der Waals surface area contributed by atoms with Crippen molar-refractivity contribution in [2.24, 2.45) is 41.5 Å². The molecule has 0 amide bonds. The van der Waals surface area contributed by atoms with Crippen LogP contribution in [0.1, 0.15) is 44.5 Å². The van der Waals surface area contributed by atoms with Crippen LogP contribution in [0.15, 0.2) is 53.8 Å². The topological polar surface area (TPSA) is 109 Å². The number of hydrogen-bond donors (Lipinski definition) is 3. The standard InChI is InChI=1S/C30H35NO6/c1-15-12-29-16(2)10-21-23(28(21,3)4)19(25(29)34)11-17(14-32)24(33)30(29,36)26(15)37-27(35)20-13-31(5)22-9-7-6-8-18(20)22/h6-9,11-13,16,19,21,23-24,26,32-33,36H,10,14H2,1-5H3/t16?,19-,21+,23-,24+,26-,29?,30-/m0/s1. The zero-order chi connectivity index (χ0) is 26.7. The molecule has 1 aromatic heterocycles. The summed E-state index contributed by atoms with van der Waals surface area (Å²) in [5.74, 6) is -1.28. The molecule has 6 rings (SSSR count). The fourth-order valence-electron chi connectivity index (χ4n) is 8.27. The summed E-state index contributed by atoms with van der Waals surface area (Å²) >= 11 is 0. The summed E-state index contributed by atoms with van der Waals surface area (Å²) in [5, 5.41) is 35.2. The van der Waals surface area contributed by atoms with Gasteiger partial charge in [0.25, 0.3) is 0 Å². The SMILES string of the molecule is CC1=CC23C(=O)[C@@H](C=C(CO)[C@@H](O)[C@]2(O)[C@H]1OC(=O)c1cn(C)c2ccccc12)[C@H]1[C@@H](CC3C)C1(C)C. The van der Waals surface area contributed by atoms with Gasteiger partial charge < -0.3 is 24.6 Å². The van der Waals surface area contributed by atoms with E-state index < -0.39 is 41.7 Å². The van der Waals surface area contributed by atoms with Crippen LogP contribution in [0.3, 0.4) is 0 Å². The number of nitrogens with zero attached hydrogens (tertiary/aromatic N) is 1. The van der Waals surface area contributed by atoms with Gasteiger partial charge in [-0.15, -0.1) is 0 Å². The highest BCUT2D eigenvalue weighted by molar-refractivity contribution is 6.04. The maximum atomic E-state index is 14.4. The summed E-state index contributed by atoms with van der Waals surface area (Å²) in [6.45, 7) is 7.50. The molecule has 7 nitrogen and oxygen atoms in total. The van der Waals surface area contributed by atoms with Crippen LogP contribution >= 0.6 is 0 Å². The number of esters is 1. The molecular formula is C30H35NO6. The summed E-state index contributed by atoms with van der Waals surface area (Å²) in [4.78, 5) is 28.0. The molecule has 4 aliphatic carbocycles. The number of ether oxygens (including phenoxy) is 1. The van der Waals surface area contributed by atoms with Gasteiger partial charge in [0, 0.05) is 30.1 Å². The summed E-state index contributed by atoms with van der Waals surface area (Å²) in [5.41, 5.74) is -1.69. The van der Waals surface area contributed by atoms with Gasteiger partial charge in [-0.25, -0.2) is 4.79 Å². The highest BCUT2D eigenvalue weighted by atomic mass is 16.6. The summed E-state index contributed by atoms with van der Waals surface area (Å²) < 4.78 is 7.87. The minimum Gasteiger partial charge on any atom is -0.451 e. The zero-order valence-electron chi connectivity index (χ0n) is 21.9. The number of ketones is 1. The van der Waals surface area contributed by atoms with E-state index in [4.69, 9.17) is 4.74 Å². The number of carbonyl (C=O) groups excluding carboxylic acids is 2. The summed E-state index contributed by atoms with van der Waals surface area (Å²) in [7, 11) is 1.84. The fraction of sp³-hybridized carbons (Fsp3) is 0.533. The second-order valence-electron chi connectivity index (χ2n) is 12.3. The number of aromatic nitrogens is 1. The van der Waals surface area contributed by atoms with Crippen molar-refractivity contribution in [3.05, 3.63) is 59.3 Å². The van der Waals surface area contributed by atoms with Crippen LogP contribution in [0.5, 0.6) is 0 Å². The fourth-order valence-corrected chi connectivity index (χ4v) is 8.27. The number of aryl methyl sites for hydroxylation is 1. The van der Waals surface area contributed by atoms with Crippen LogP contribution in [0.4, 0.5) is 0 Å². The van der Waals surface area contributed by atoms with Crippen LogP contribution in [0, 0.1) is 34.5 Å². The van der Waals surface area contributed by atoms with Crippen molar-refractivity contribution < 1.29 is 29.6 Å². The van der Waals surface area contributed by atoms with Crippen LogP contribution in [0.2, 0.25) is 0 Å². The Balaban J connectivity index is 1.47. The Morgan fingerprint density at radius 1 is 1.24 bits per heavy atom. The van der Waals surface area contributed by atoms with Gasteiger partial charge in [0.1, 0.15) is 6.10 Å². The lowest BCUT2D eigenvalue weighted by Gasteiger charge is -2.48. The van der Waals surface area contributed by atoms with Gasteiger partial charge in [0.05, 0.1) is 17.6 Å². The number of fused-ring (bicyclic) bond motifs is 4. The number of aliphatic hydroxyl groups excluding tert-OH is 2. The molecule has 0 radical (unpaired) electrons. The predicted octanol–water partition coefficient (Wildman–Crippen LogP) is 3.17. The molecule has 0 saturated heterocycles. The van der Waals surface area contributed by atoms with E-state index in [1.807, 2.05) is 42.8 Å². The summed E-state index contributed by atoms with van der Waals surface area (Å²) in [6, 6.07) is 7.47. The molecule has 2 bridgehead atoms. The van der Waals surface area contributed by atoms with Gasteiger partial charge in [-0.2, -0.15) is 0 Å². The number of Topliss-reactive ketones (excluding diaryl/α,β-unsaturated/α-hetero) is 1. The van der Waals surface area contributed by atoms with Crippen molar-refractivity contribution in [3.63, 3.8) is 0 Å². The normalized spacial score (nSPS) is 39.7. The third kappa shape index (κ3) is 2.88. The molecule has 1 aromatic carbocycles. The van der Waals surface area contributed by atoms with Gasteiger partial charge >= 0.3 is 5.97 Å². The van der Waals surface area contributed by atoms with Crippen LogP contribution < -0.4 is 0 Å². The zero-order valence-corrected chi connectivity index (χ0v) is 21.9. The lowest BCUT2D eigenvalue weighted by Crippen LogP contribution is -2.65. The maximum absolute atomic E-state index is 14.4. The first kappa shape index (κ1) is 24.6. The minimum atomic E-state index is -2.14. The molecule has 2 aromatic rings. The molecule has 2 unspecified atom stereocenters. The average Bonchev–Trinajstić information content (AvgIpc) is 3.15. The van der Waals surface area contributed by atoms with E-state index in [0.29, 0.717) is 17.6 Å². The molecule has 8 atom stereocenters. The Labute approximate surface area is 216 Å². The van der Waals surface area contributed by atoms with Crippen molar-refractivity contribution in [2.75, 3.05) is 6.61 Å². The van der Waals surface area contributed by atoms with E-state index in [1.54, 1.807) is 25.3 Å². The first-order chi connectivity index (χ1) is 17.4. The van der Waals surface area contributed by atoms with Crippen molar-refractivity contribution in [2.45, 2.75) is 51.9 Å². The Kier molecular flexibility index (Phi) is 5.08. The molecule has 196 valence electrons. The Morgan fingerprint density at radius 2 is 1.95 bits per heavy atom. The van der Waals surface area contributed by atoms with E-state index >= 15 is 0 Å². The molecule has 2 fully saturated rings. The number of allylic oxidation sites excluding steroid dienone is 1. The third-order valence-electron chi connectivity index (χ3n) is 10.2. The second-order valence-corrected chi connectivity index (χ2v) is 12.3. The van der Waals surface area contributed by atoms with Crippen LogP contribution in [0.25, 0.3) is 10.9 Å². The van der Waals surface area contributed by atoms with E-state index in [1.165, 1.54) is 0 Å². The Hall–Kier alpha value is -2.74. The molecule has 4 aliphatic rings. The average molecular weight is 506 g/mol. The lowest BCUT2D eigenvalue weighted by atomic mass is 9.59. The smallest absolute Gasteiger partial charge is 0.341 e. The van der Waals surface area contributed by atoms with Crippen LogP contribution in [-0.2, 0) is 16.6 Å². The number of carbonyl (C=O) groups is 2. The predicted molar refractivity (Wildman–Crippen MR) is 137 cm³/mol. The van der Waals surface area contributed by atoms with E-state index in [-0.39, 0.29) is 34.5 Å². The highest BCUT2D eigenvalue weighted by Crippen LogP contribution is 2.71. The summed E-state index contributed by atoms with van der Waals surface area (Å²) in [6.07, 6.45) is 3.01. The van der Waals surface area contributed by atoms with Crippen molar-refractivity contribution in [1.82, 2.24) is 4.57 Å². The largest absolute Gasteiger partial charge is 0.451 e. The molecule has 0 aliphatic heterocycles. The molecule has 2 saturated carbocycles. The Morgan fingerprint density at radius 3 is 2.65 bits per heavy atom. The Bertz CT molecular complexity index is 1400. The van der Waals surface area contributed by atoms with E-state index in [2.05, 4.69) is 13.8 Å². The quantitative estimate of drug-likeness (QED) is 0.437. The number of aliphatic hydroxyl groups is 3. The van der Waals surface area contributed by atoms with Gasteiger partial charge in [-0.1, -0.05) is 51.1 Å². The molecule has 37 heavy (non-hydrogen) atoms. The van der Waals surface area contributed by atoms with Crippen LogP contribution in [-0.4, -0.2) is 56.1 Å². The first-order valence-electron chi connectivity index (χ1n) is 13.1. The van der Waals surface area contributed by atoms with E-state index in [0.717, 1.165) is 10.9 Å². The van der Waals surface area contributed by atoms with Gasteiger partial charge in [-0.3, -0.25) is 4.79 Å². The highest BCUT2D eigenvalue weighted by Gasteiger charge is 2.76. The van der Waals surface area contributed by atoms with Crippen molar-refractivity contribution in [3.8, 4) is 0 Å². The number of rotatable bonds is 3. The number of benzene rings is 1. The van der Waals surface area contributed by atoms with Crippen molar-refractivity contribution in [1.29, 1.82) is 0 Å². The molecule has 1 heterocycles.